The van der Waals surface area contributed by atoms with Gasteiger partial charge in [0, 0.05) is 50.0 Å². The van der Waals surface area contributed by atoms with Gasteiger partial charge in [0.15, 0.2) is 0 Å². The Balaban J connectivity index is 1.56. The van der Waals surface area contributed by atoms with Crippen molar-refractivity contribution in [3.05, 3.63) is 82.4 Å². The number of hydrogen-bond acceptors (Lipinski definition) is 5. The maximum absolute atomic E-state index is 13.0. The summed E-state index contributed by atoms with van der Waals surface area (Å²) >= 11 is 1.50. The first-order valence-electron chi connectivity index (χ1n) is 12.2. The minimum absolute atomic E-state index is 0.0573. The zero-order valence-electron chi connectivity index (χ0n) is 21.0. The summed E-state index contributed by atoms with van der Waals surface area (Å²) in [5.41, 5.74) is 3.37. The van der Waals surface area contributed by atoms with Gasteiger partial charge in [0.25, 0.3) is 5.91 Å². The number of thiazole rings is 1. The highest BCUT2D eigenvalue weighted by Crippen LogP contribution is 2.31. The van der Waals surface area contributed by atoms with E-state index in [4.69, 9.17) is 0 Å². The van der Waals surface area contributed by atoms with Gasteiger partial charge in [-0.15, -0.1) is 11.3 Å². The molecular formula is C28H34N4O3S. The van der Waals surface area contributed by atoms with Crippen LogP contribution < -0.4 is 10.6 Å². The van der Waals surface area contributed by atoms with Crippen LogP contribution in [0.15, 0.2) is 60.5 Å². The first-order valence-corrected chi connectivity index (χ1v) is 13.1. The summed E-state index contributed by atoms with van der Waals surface area (Å²) in [7, 11) is 0. The number of nitrogens with one attached hydrogen (secondary N) is 2. The van der Waals surface area contributed by atoms with Crippen LogP contribution in [0.2, 0.25) is 0 Å². The standard InChI is InChI=1S/C28H34N4O3S/c1-4-5-6-7-8-9-23-18-20(2)10-11-24(23)30-27(35)25-19-36-28(31-25)22-13-16-32(17-14-22)26(34)12-15-29-21(3)33/h4-8,10-11,18-19,22H,1,9,12-17H2,2-3H3,(H,29,33)(H,30,35)/b6-5-,8-7-. The van der Waals surface area contributed by atoms with Crippen molar-refractivity contribution in [3.8, 4) is 0 Å². The lowest BCUT2D eigenvalue weighted by molar-refractivity contribution is -0.132. The van der Waals surface area contributed by atoms with E-state index >= 15 is 0 Å². The molecule has 1 saturated heterocycles. The summed E-state index contributed by atoms with van der Waals surface area (Å²) < 4.78 is 0. The van der Waals surface area contributed by atoms with Crippen LogP contribution in [0.5, 0.6) is 0 Å². The Bertz CT molecular complexity index is 1140. The Labute approximate surface area is 217 Å². The minimum Gasteiger partial charge on any atom is -0.356 e. The number of allylic oxidation sites excluding steroid dienone is 5. The smallest absolute Gasteiger partial charge is 0.275 e. The molecule has 2 aromatic rings. The van der Waals surface area contributed by atoms with Gasteiger partial charge >= 0.3 is 0 Å². The van der Waals surface area contributed by atoms with Crippen LogP contribution in [0, 0.1) is 6.92 Å². The number of anilines is 1. The number of rotatable bonds is 10. The van der Waals surface area contributed by atoms with E-state index < -0.39 is 0 Å². The average molecular weight is 507 g/mol. The molecule has 0 unspecified atom stereocenters. The normalized spacial score (nSPS) is 14.3. The van der Waals surface area contributed by atoms with E-state index in [0.717, 1.165) is 34.7 Å². The highest BCUT2D eigenvalue weighted by Gasteiger charge is 2.26. The highest BCUT2D eigenvalue weighted by atomic mass is 32.1. The molecule has 3 rings (SSSR count). The number of carbonyl (C=O) groups is 3. The van der Waals surface area contributed by atoms with E-state index in [1.807, 2.05) is 53.6 Å². The summed E-state index contributed by atoms with van der Waals surface area (Å²) in [6, 6.07) is 6.00. The van der Waals surface area contributed by atoms with Gasteiger partial charge in [-0.25, -0.2) is 4.98 Å². The van der Waals surface area contributed by atoms with Gasteiger partial charge in [-0.3, -0.25) is 14.4 Å². The fourth-order valence-corrected chi connectivity index (χ4v) is 5.05. The summed E-state index contributed by atoms with van der Waals surface area (Å²) in [6.45, 7) is 8.82. The second kappa shape index (κ2) is 13.5. The molecule has 1 fully saturated rings. The first-order chi connectivity index (χ1) is 17.4. The molecule has 0 atom stereocenters. The predicted octanol–water partition coefficient (Wildman–Crippen LogP) is 4.78. The SMILES string of the molecule is C=C/C=C\C=C/Cc1cc(C)ccc1NC(=O)c1csc(C2CCN(C(=O)CCNC(C)=O)CC2)n1. The fourth-order valence-electron chi connectivity index (χ4n) is 4.07. The van der Waals surface area contributed by atoms with Gasteiger partial charge in [-0.2, -0.15) is 0 Å². The van der Waals surface area contributed by atoms with Gasteiger partial charge in [-0.05, 0) is 37.8 Å². The molecule has 0 saturated carbocycles. The predicted molar refractivity (Wildman–Crippen MR) is 145 cm³/mol. The molecule has 0 radical (unpaired) electrons. The molecule has 1 aromatic carbocycles. The van der Waals surface area contributed by atoms with E-state index in [0.29, 0.717) is 38.2 Å². The van der Waals surface area contributed by atoms with Crippen molar-refractivity contribution < 1.29 is 14.4 Å². The Kier molecular flexibility index (Phi) is 10.2. The van der Waals surface area contributed by atoms with Crippen LogP contribution in [-0.4, -0.2) is 47.2 Å². The zero-order chi connectivity index (χ0) is 25.9. The molecule has 7 nitrogen and oxygen atoms in total. The van der Waals surface area contributed by atoms with Crippen LogP contribution in [0.1, 0.15) is 58.7 Å². The molecule has 1 aliphatic heterocycles. The summed E-state index contributed by atoms with van der Waals surface area (Å²) in [6.07, 6.45) is 12.2. The van der Waals surface area contributed by atoms with Crippen LogP contribution >= 0.6 is 11.3 Å². The number of amides is 3. The Morgan fingerprint density at radius 3 is 2.69 bits per heavy atom. The number of hydrogen-bond donors (Lipinski definition) is 2. The van der Waals surface area contributed by atoms with Crippen molar-refractivity contribution in [3.63, 3.8) is 0 Å². The quantitative estimate of drug-likeness (QED) is 0.454. The topological polar surface area (TPSA) is 91.4 Å². The van der Waals surface area contributed by atoms with Gasteiger partial charge in [0.05, 0.1) is 5.01 Å². The Morgan fingerprint density at radius 1 is 1.19 bits per heavy atom. The van der Waals surface area contributed by atoms with Gasteiger partial charge in [0.1, 0.15) is 5.69 Å². The molecule has 0 spiro atoms. The number of piperidine rings is 1. The lowest BCUT2D eigenvalue weighted by Gasteiger charge is -2.31. The van der Waals surface area contributed by atoms with Gasteiger partial charge in [0.2, 0.25) is 11.8 Å². The summed E-state index contributed by atoms with van der Waals surface area (Å²) in [5, 5.41) is 8.43. The highest BCUT2D eigenvalue weighted by molar-refractivity contribution is 7.10. The number of nitrogens with zero attached hydrogens (tertiary/aromatic N) is 2. The number of aryl methyl sites for hydroxylation is 1. The lowest BCUT2D eigenvalue weighted by atomic mass is 9.97. The summed E-state index contributed by atoms with van der Waals surface area (Å²) in [5.74, 6) is -0.0533. The number of likely N-dealkylation sites (tertiary alicyclic amines) is 1. The van der Waals surface area contributed by atoms with Crippen molar-refractivity contribution >= 4 is 34.7 Å². The zero-order valence-corrected chi connectivity index (χ0v) is 21.8. The average Bonchev–Trinajstić information content (AvgIpc) is 3.36. The molecule has 190 valence electrons. The third-order valence-electron chi connectivity index (χ3n) is 6.01. The van der Waals surface area contributed by atoms with Crippen LogP contribution in [0.3, 0.4) is 0 Å². The third kappa shape index (κ3) is 8.02. The number of aromatic nitrogens is 1. The first kappa shape index (κ1) is 27.1. The van der Waals surface area contributed by atoms with Crippen LogP contribution in [0.4, 0.5) is 5.69 Å². The van der Waals surface area contributed by atoms with E-state index in [-0.39, 0.29) is 23.6 Å². The Hall–Kier alpha value is -3.52. The number of carbonyl (C=O) groups excluding carboxylic acids is 3. The molecule has 2 heterocycles. The molecule has 8 heteroatoms. The molecule has 0 aliphatic carbocycles. The minimum atomic E-state index is -0.219. The van der Waals surface area contributed by atoms with Crippen molar-refractivity contribution in [2.24, 2.45) is 0 Å². The maximum atomic E-state index is 13.0. The molecular weight excluding hydrogens is 472 g/mol. The largest absolute Gasteiger partial charge is 0.356 e. The lowest BCUT2D eigenvalue weighted by Crippen LogP contribution is -2.39. The van der Waals surface area contributed by atoms with Crippen LogP contribution in [0.25, 0.3) is 0 Å². The van der Waals surface area contributed by atoms with E-state index in [1.54, 1.807) is 6.08 Å². The van der Waals surface area contributed by atoms with Gasteiger partial charge < -0.3 is 15.5 Å². The van der Waals surface area contributed by atoms with Crippen molar-refractivity contribution in [2.45, 2.75) is 45.4 Å². The monoisotopic (exact) mass is 506 g/mol. The Morgan fingerprint density at radius 2 is 1.97 bits per heavy atom. The summed E-state index contributed by atoms with van der Waals surface area (Å²) in [4.78, 5) is 42.8. The fraction of sp³-hybridized carbons (Fsp3) is 0.357. The molecule has 1 aliphatic rings. The van der Waals surface area contributed by atoms with E-state index in [2.05, 4.69) is 28.3 Å². The molecule has 3 amide bonds. The second-order valence-electron chi connectivity index (χ2n) is 8.83. The third-order valence-corrected chi connectivity index (χ3v) is 7.01. The molecule has 2 N–H and O–H groups in total. The van der Waals surface area contributed by atoms with E-state index in [9.17, 15) is 14.4 Å². The molecule has 0 bridgehead atoms. The van der Waals surface area contributed by atoms with E-state index in [1.165, 1.54) is 18.3 Å². The van der Waals surface area contributed by atoms with Crippen molar-refractivity contribution in [1.82, 2.24) is 15.2 Å². The van der Waals surface area contributed by atoms with Crippen molar-refractivity contribution in [2.75, 3.05) is 25.0 Å². The second-order valence-corrected chi connectivity index (χ2v) is 9.72. The molecule has 36 heavy (non-hydrogen) atoms. The molecule has 1 aromatic heterocycles. The van der Waals surface area contributed by atoms with Crippen LogP contribution in [-0.2, 0) is 16.0 Å². The number of benzene rings is 1. The van der Waals surface area contributed by atoms with Gasteiger partial charge in [-0.1, -0.05) is 54.7 Å². The van der Waals surface area contributed by atoms with Crippen molar-refractivity contribution in [1.29, 1.82) is 0 Å². The maximum Gasteiger partial charge on any atom is 0.275 e.